The van der Waals surface area contributed by atoms with Crippen LogP contribution in [0.15, 0.2) is 42.6 Å². The molecular formula is C18H18F3N3O3. The van der Waals surface area contributed by atoms with E-state index in [0.29, 0.717) is 13.2 Å². The number of benzene rings is 1. The van der Waals surface area contributed by atoms with Crippen molar-refractivity contribution in [2.45, 2.75) is 12.9 Å². The second-order valence-electron chi connectivity index (χ2n) is 5.84. The first kappa shape index (κ1) is 19.0. The minimum absolute atomic E-state index is 0.237. The number of anilines is 1. The van der Waals surface area contributed by atoms with E-state index in [0.717, 1.165) is 36.6 Å². The van der Waals surface area contributed by atoms with Crippen LogP contribution < -0.4 is 15.0 Å². The fourth-order valence-electron chi connectivity index (χ4n) is 2.71. The van der Waals surface area contributed by atoms with Gasteiger partial charge in [-0.05, 0) is 30.3 Å². The molecule has 9 heteroatoms. The lowest BCUT2D eigenvalue weighted by Crippen LogP contribution is -2.37. The van der Waals surface area contributed by atoms with Crippen molar-refractivity contribution in [2.75, 3.05) is 31.2 Å². The number of pyridine rings is 1. The first-order valence-electron chi connectivity index (χ1n) is 8.33. The molecule has 3 rings (SSSR count). The Morgan fingerprint density at radius 1 is 1.19 bits per heavy atom. The van der Waals surface area contributed by atoms with Crippen molar-refractivity contribution in [1.29, 1.82) is 0 Å². The number of nitrogens with one attached hydrogen (secondary N) is 1. The van der Waals surface area contributed by atoms with Crippen LogP contribution >= 0.6 is 0 Å². The Balaban J connectivity index is 1.62. The summed E-state index contributed by atoms with van der Waals surface area (Å²) in [6.45, 7) is 2.93. The molecule has 1 aliphatic heterocycles. The van der Waals surface area contributed by atoms with E-state index in [9.17, 15) is 18.0 Å². The number of carbonyl (C=O) groups is 1. The molecule has 1 aromatic heterocycles. The zero-order chi connectivity index (χ0) is 19.3. The highest BCUT2D eigenvalue weighted by Gasteiger charge is 2.31. The topological polar surface area (TPSA) is 63.7 Å². The fourth-order valence-corrected chi connectivity index (χ4v) is 2.71. The van der Waals surface area contributed by atoms with E-state index >= 15 is 0 Å². The Kier molecular flexibility index (Phi) is 5.80. The van der Waals surface area contributed by atoms with Crippen molar-refractivity contribution in [3.63, 3.8) is 0 Å². The van der Waals surface area contributed by atoms with E-state index in [1.165, 1.54) is 12.1 Å². The highest BCUT2D eigenvalue weighted by molar-refractivity contribution is 5.94. The molecule has 27 heavy (non-hydrogen) atoms. The SMILES string of the molecule is O=C(NCc1cccnc1N1CCOCC1)c1ccc(OC(F)(F)F)cc1. The Bertz CT molecular complexity index is 775. The van der Waals surface area contributed by atoms with Gasteiger partial charge in [-0.25, -0.2) is 4.98 Å². The van der Waals surface area contributed by atoms with Crippen molar-refractivity contribution in [1.82, 2.24) is 10.3 Å². The van der Waals surface area contributed by atoms with Crippen LogP contribution in [-0.2, 0) is 11.3 Å². The minimum atomic E-state index is -4.76. The number of ether oxygens (including phenoxy) is 2. The maximum absolute atomic E-state index is 12.3. The van der Waals surface area contributed by atoms with Gasteiger partial charge >= 0.3 is 6.36 Å². The van der Waals surface area contributed by atoms with Crippen molar-refractivity contribution < 1.29 is 27.4 Å². The lowest BCUT2D eigenvalue weighted by atomic mass is 10.2. The predicted octanol–water partition coefficient (Wildman–Crippen LogP) is 2.75. The molecule has 0 unspecified atom stereocenters. The van der Waals surface area contributed by atoms with Crippen LogP contribution in [-0.4, -0.2) is 43.6 Å². The summed E-state index contributed by atoms with van der Waals surface area (Å²) in [4.78, 5) is 18.8. The Hall–Kier alpha value is -2.81. The fraction of sp³-hybridized carbons (Fsp3) is 0.333. The van der Waals surface area contributed by atoms with Crippen LogP contribution in [0, 0.1) is 0 Å². The van der Waals surface area contributed by atoms with Crippen LogP contribution in [0.25, 0.3) is 0 Å². The maximum atomic E-state index is 12.3. The summed E-state index contributed by atoms with van der Waals surface area (Å²) >= 11 is 0. The molecule has 0 aliphatic carbocycles. The smallest absolute Gasteiger partial charge is 0.406 e. The molecule has 2 heterocycles. The molecule has 144 valence electrons. The van der Waals surface area contributed by atoms with Gasteiger partial charge in [0, 0.05) is 37.0 Å². The van der Waals surface area contributed by atoms with Crippen LogP contribution in [0.5, 0.6) is 5.75 Å². The molecule has 1 amide bonds. The van der Waals surface area contributed by atoms with Gasteiger partial charge in [0.1, 0.15) is 11.6 Å². The van der Waals surface area contributed by atoms with Gasteiger partial charge in [0.2, 0.25) is 0 Å². The standard InChI is InChI=1S/C18H18F3N3O3/c19-18(20,21)27-15-5-3-13(4-6-15)17(25)23-12-14-2-1-7-22-16(14)24-8-10-26-11-9-24/h1-7H,8-12H2,(H,23,25). The molecule has 0 atom stereocenters. The molecule has 2 aromatic rings. The molecule has 0 saturated carbocycles. The third-order valence-corrected chi connectivity index (χ3v) is 3.97. The van der Waals surface area contributed by atoms with Crippen LogP contribution in [0.1, 0.15) is 15.9 Å². The highest BCUT2D eigenvalue weighted by atomic mass is 19.4. The minimum Gasteiger partial charge on any atom is -0.406 e. The summed E-state index contributed by atoms with van der Waals surface area (Å²) in [6.07, 6.45) is -3.07. The zero-order valence-corrected chi connectivity index (χ0v) is 14.3. The number of rotatable bonds is 5. The summed E-state index contributed by atoms with van der Waals surface area (Å²) in [5.74, 6) is 0.0151. The van der Waals surface area contributed by atoms with E-state index in [4.69, 9.17) is 4.74 Å². The highest BCUT2D eigenvalue weighted by Crippen LogP contribution is 2.23. The Labute approximate surface area is 153 Å². The number of hydrogen-bond donors (Lipinski definition) is 1. The summed E-state index contributed by atoms with van der Waals surface area (Å²) < 4.78 is 45.7. The average molecular weight is 381 g/mol. The summed E-state index contributed by atoms with van der Waals surface area (Å²) in [7, 11) is 0. The third kappa shape index (κ3) is 5.33. The van der Waals surface area contributed by atoms with Crippen LogP contribution in [0.2, 0.25) is 0 Å². The van der Waals surface area contributed by atoms with Gasteiger partial charge in [0.15, 0.2) is 0 Å². The van der Waals surface area contributed by atoms with E-state index in [1.807, 2.05) is 6.07 Å². The van der Waals surface area contributed by atoms with E-state index in [-0.39, 0.29) is 17.9 Å². The number of aromatic nitrogens is 1. The monoisotopic (exact) mass is 381 g/mol. The molecule has 1 aromatic carbocycles. The number of amides is 1. The summed E-state index contributed by atoms with van der Waals surface area (Å²) in [5.41, 5.74) is 1.09. The van der Waals surface area contributed by atoms with Crippen molar-refractivity contribution in [3.05, 3.63) is 53.7 Å². The van der Waals surface area contributed by atoms with Crippen molar-refractivity contribution in [3.8, 4) is 5.75 Å². The van der Waals surface area contributed by atoms with Crippen molar-refractivity contribution >= 4 is 11.7 Å². The molecule has 1 saturated heterocycles. The summed E-state index contributed by atoms with van der Waals surface area (Å²) in [5, 5.41) is 2.76. The number of nitrogens with zero attached hydrogens (tertiary/aromatic N) is 2. The predicted molar refractivity (Wildman–Crippen MR) is 91.6 cm³/mol. The van der Waals surface area contributed by atoms with Gasteiger partial charge < -0.3 is 19.7 Å². The molecule has 6 nitrogen and oxygen atoms in total. The Morgan fingerprint density at radius 2 is 1.89 bits per heavy atom. The molecule has 0 bridgehead atoms. The number of halogens is 3. The maximum Gasteiger partial charge on any atom is 0.573 e. The van der Waals surface area contributed by atoms with Gasteiger partial charge in [-0.2, -0.15) is 0 Å². The first-order chi connectivity index (χ1) is 12.9. The zero-order valence-electron chi connectivity index (χ0n) is 14.3. The van der Waals surface area contributed by atoms with Crippen molar-refractivity contribution in [2.24, 2.45) is 0 Å². The van der Waals surface area contributed by atoms with E-state index in [2.05, 4.69) is 19.9 Å². The first-order valence-corrected chi connectivity index (χ1v) is 8.33. The molecule has 0 radical (unpaired) electrons. The molecular weight excluding hydrogens is 363 g/mol. The van der Waals surface area contributed by atoms with E-state index < -0.39 is 12.3 Å². The number of alkyl halides is 3. The second-order valence-corrected chi connectivity index (χ2v) is 5.84. The third-order valence-electron chi connectivity index (χ3n) is 3.97. The molecule has 0 spiro atoms. The van der Waals surface area contributed by atoms with Crippen LogP contribution in [0.4, 0.5) is 19.0 Å². The Morgan fingerprint density at radius 3 is 2.56 bits per heavy atom. The molecule has 1 N–H and O–H groups in total. The van der Waals surface area contributed by atoms with Crippen LogP contribution in [0.3, 0.4) is 0 Å². The van der Waals surface area contributed by atoms with Gasteiger partial charge in [-0.1, -0.05) is 6.07 Å². The van der Waals surface area contributed by atoms with Gasteiger partial charge in [-0.15, -0.1) is 13.2 Å². The second kappa shape index (κ2) is 8.26. The number of morpholine rings is 1. The quantitative estimate of drug-likeness (QED) is 0.863. The lowest BCUT2D eigenvalue weighted by Gasteiger charge is -2.29. The van der Waals surface area contributed by atoms with Gasteiger partial charge in [-0.3, -0.25) is 4.79 Å². The molecule has 1 aliphatic rings. The van der Waals surface area contributed by atoms with E-state index in [1.54, 1.807) is 12.3 Å². The number of hydrogen-bond acceptors (Lipinski definition) is 5. The molecule has 1 fully saturated rings. The normalized spacial score (nSPS) is 14.7. The largest absolute Gasteiger partial charge is 0.573 e. The van der Waals surface area contributed by atoms with Gasteiger partial charge in [0.25, 0.3) is 5.91 Å². The van der Waals surface area contributed by atoms with Gasteiger partial charge in [0.05, 0.1) is 13.2 Å². The number of carbonyl (C=O) groups excluding carboxylic acids is 1. The lowest BCUT2D eigenvalue weighted by molar-refractivity contribution is -0.274. The average Bonchev–Trinajstić information content (AvgIpc) is 2.66. The summed E-state index contributed by atoms with van der Waals surface area (Å²) in [6, 6.07) is 8.43.